The van der Waals surface area contributed by atoms with Crippen LogP contribution in [0.4, 0.5) is 0 Å². The third-order valence-corrected chi connectivity index (χ3v) is 5.26. The van der Waals surface area contributed by atoms with Crippen LogP contribution < -0.4 is 5.32 Å². The van der Waals surface area contributed by atoms with Gasteiger partial charge in [0.25, 0.3) is 5.91 Å². The van der Waals surface area contributed by atoms with E-state index in [9.17, 15) is 4.79 Å². The van der Waals surface area contributed by atoms with Crippen molar-refractivity contribution in [2.75, 3.05) is 34.4 Å². The van der Waals surface area contributed by atoms with Crippen molar-refractivity contribution in [1.82, 2.24) is 14.8 Å². The Kier molecular flexibility index (Phi) is 6.73. The van der Waals surface area contributed by atoms with Gasteiger partial charge in [-0.1, -0.05) is 48.0 Å². The van der Waals surface area contributed by atoms with Gasteiger partial charge < -0.3 is 19.5 Å². The minimum Gasteiger partial charge on any atom is -0.383 e. The SMILES string of the molecule is COCCn1cc(C(=O)NCC(c2ccccc2Cl)N(C)C)c2ccccc21. The number of benzene rings is 2. The molecule has 28 heavy (non-hydrogen) atoms. The average molecular weight is 400 g/mol. The molecule has 5 nitrogen and oxygen atoms in total. The zero-order chi connectivity index (χ0) is 20.1. The molecule has 1 aromatic heterocycles. The number of ether oxygens (including phenoxy) is 1. The molecule has 3 rings (SSSR count). The van der Waals surface area contributed by atoms with E-state index in [1.54, 1.807) is 7.11 Å². The van der Waals surface area contributed by atoms with Crippen molar-refractivity contribution < 1.29 is 9.53 Å². The van der Waals surface area contributed by atoms with Crippen LogP contribution in [-0.2, 0) is 11.3 Å². The molecule has 1 N–H and O–H groups in total. The third-order valence-electron chi connectivity index (χ3n) is 4.91. The minimum atomic E-state index is -0.0914. The smallest absolute Gasteiger partial charge is 0.253 e. The Morgan fingerprint density at radius 2 is 1.89 bits per heavy atom. The van der Waals surface area contributed by atoms with Crippen LogP contribution in [0.25, 0.3) is 10.9 Å². The molecule has 3 aromatic rings. The molecule has 0 aliphatic carbocycles. The number of hydrogen-bond acceptors (Lipinski definition) is 3. The van der Waals surface area contributed by atoms with E-state index >= 15 is 0 Å². The number of nitrogens with one attached hydrogen (secondary N) is 1. The molecule has 0 aliphatic rings. The highest BCUT2D eigenvalue weighted by atomic mass is 35.5. The molecule has 2 aromatic carbocycles. The molecule has 0 radical (unpaired) electrons. The van der Waals surface area contributed by atoms with E-state index < -0.39 is 0 Å². The monoisotopic (exact) mass is 399 g/mol. The fraction of sp³-hybridized carbons (Fsp3) is 0.318. The second-order valence-corrected chi connectivity index (χ2v) is 7.36. The highest BCUT2D eigenvalue weighted by molar-refractivity contribution is 6.31. The van der Waals surface area contributed by atoms with E-state index in [0.717, 1.165) is 16.5 Å². The first-order chi connectivity index (χ1) is 13.5. The molecule has 1 heterocycles. The average Bonchev–Trinajstić information content (AvgIpc) is 3.06. The molecular weight excluding hydrogens is 374 g/mol. The van der Waals surface area contributed by atoms with Crippen LogP contribution in [0.3, 0.4) is 0 Å². The molecule has 148 valence electrons. The Balaban J connectivity index is 1.82. The highest BCUT2D eigenvalue weighted by Gasteiger charge is 2.20. The lowest BCUT2D eigenvalue weighted by Gasteiger charge is -2.26. The zero-order valence-corrected chi connectivity index (χ0v) is 17.2. The highest BCUT2D eigenvalue weighted by Crippen LogP contribution is 2.26. The Labute approximate surface area is 170 Å². The molecule has 1 atom stereocenters. The van der Waals surface area contributed by atoms with Gasteiger partial charge in [-0.15, -0.1) is 0 Å². The Hall–Kier alpha value is -2.34. The third kappa shape index (κ3) is 4.38. The maximum atomic E-state index is 13.0. The van der Waals surface area contributed by atoms with Crippen molar-refractivity contribution in [3.63, 3.8) is 0 Å². The summed E-state index contributed by atoms with van der Waals surface area (Å²) in [6.45, 7) is 1.76. The quantitative estimate of drug-likeness (QED) is 0.623. The second kappa shape index (κ2) is 9.24. The van der Waals surface area contributed by atoms with Crippen LogP contribution >= 0.6 is 11.6 Å². The van der Waals surface area contributed by atoms with Crippen LogP contribution in [0.2, 0.25) is 5.02 Å². The molecule has 1 amide bonds. The number of fused-ring (bicyclic) bond motifs is 1. The lowest BCUT2D eigenvalue weighted by atomic mass is 10.1. The summed E-state index contributed by atoms with van der Waals surface area (Å²) >= 11 is 6.37. The van der Waals surface area contributed by atoms with Gasteiger partial charge in [-0.3, -0.25) is 4.79 Å². The van der Waals surface area contributed by atoms with Gasteiger partial charge in [-0.25, -0.2) is 0 Å². The van der Waals surface area contributed by atoms with Crippen LogP contribution in [0.5, 0.6) is 0 Å². The fourth-order valence-electron chi connectivity index (χ4n) is 3.40. The number of likely N-dealkylation sites (N-methyl/N-ethyl adjacent to an activating group) is 1. The van der Waals surface area contributed by atoms with Crippen molar-refractivity contribution >= 4 is 28.4 Å². The summed E-state index contributed by atoms with van der Waals surface area (Å²) in [5, 5.41) is 4.72. The summed E-state index contributed by atoms with van der Waals surface area (Å²) in [4.78, 5) is 15.0. The Morgan fingerprint density at radius 1 is 1.18 bits per heavy atom. The number of hydrogen-bond donors (Lipinski definition) is 1. The van der Waals surface area contributed by atoms with Gasteiger partial charge >= 0.3 is 0 Å². The van der Waals surface area contributed by atoms with Crippen molar-refractivity contribution in [2.24, 2.45) is 0 Å². The first-order valence-electron chi connectivity index (χ1n) is 9.28. The first kappa shape index (κ1) is 20.4. The summed E-state index contributed by atoms with van der Waals surface area (Å²) in [5.74, 6) is -0.0914. The number of carbonyl (C=O) groups excluding carboxylic acids is 1. The summed E-state index contributed by atoms with van der Waals surface area (Å²) in [6, 6.07) is 15.7. The Morgan fingerprint density at radius 3 is 2.61 bits per heavy atom. The van der Waals surface area contributed by atoms with Crippen LogP contribution in [0.15, 0.2) is 54.7 Å². The number of carbonyl (C=O) groups is 1. The van der Waals surface area contributed by atoms with Gasteiger partial charge in [0.1, 0.15) is 0 Å². The van der Waals surface area contributed by atoms with Crippen molar-refractivity contribution in [3.8, 4) is 0 Å². The van der Waals surface area contributed by atoms with Crippen LogP contribution in [0, 0.1) is 0 Å². The van der Waals surface area contributed by atoms with E-state index in [1.807, 2.05) is 68.8 Å². The summed E-state index contributed by atoms with van der Waals surface area (Å²) in [5.41, 5.74) is 2.69. The largest absolute Gasteiger partial charge is 0.383 e. The van der Waals surface area contributed by atoms with Crippen molar-refractivity contribution in [2.45, 2.75) is 12.6 Å². The van der Waals surface area contributed by atoms with Gasteiger partial charge in [0.05, 0.1) is 18.2 Å². The van der Waals surface area contributed by atoms with Gasteiger partial charge in [0.2, 0.25) is 0 Å². The predicted molar refractivity (Wildman–Crippen MR) is 114 cm³/mol. The second-order valence-electron chi connectivity index (χ2n) is 6.96. The number of amides is 1. The minimum absolute atomic E-state index is 0.0144. The molecular formula is C22H26ClN3O2. The van der Waals surface area contributed by atoms with Crippen LogP contribution in [0.1, 0.15) is 22.0 Å². The normalized spacial score (nSPS) is 12.5. The van der Waals surface area contributed by atoms with Crippen molar-refractivity contribution in [3.05, 3.63) is 70.9 Å². The number of nitrogens with zero attached hydrogens (tertiary/aromatic N) is 2. The van der Waals surface area contributed by atoms with Gasteiger partial charge in [-0.05, 0) is 31.8 Å². The fourth-order valence-corrected chi connectivity index (χ4v) is 3.66. The molecule has 0 bridgehead atoms. The van der Waals surface area contributed by atoms with E-state index in [-0.39, 0.29) is 11.9 Å². The van der Waals surface area contributed by atoms with Crippen LogP contribution in [-0.4, -0.2) is 49.7 Å². The topological polar surface area (TPSA) is 46.5 Å². The van der Waals surface area contributed by atoms with Gasteiger partial charge in [-0.2, -0.15) is 0 Å². The summed E-state index contributed by atoms with van der Waals surface area (Å²) < 4.78 is 7.25. The van der Waals surface area contributed by atoms with E-state index in [1.165, 1.54) is 0 Å². The number of aromatic nitrogens is 1. The molecule has 6 heteroatoms. The lowest BCUT2D eigenvalue weighted by molar-refractivity contribution is 0.0943. The molecule has 0 fully saturated rings. The van der Waals surface area contributed by atoms with Crippen molar-refractivity contribution in [1.29, 1.82) is 0 Å². The van der Waals surface area contributed by atoms with E-state index in [0.29, 0.717) is 30.3 Å². The standard InChI is InChI=1S/C22H26ClN3O2/c1-25(2)21(17-9-4-6-10-19(17)23)14-24-22(27)18-15-26(12-13-28-3)20-11-7-5-8-16(18)20/h4-11,15,21H,12-14H2,1-3H3,(H,24,27). The molecule has 0 saturated heterocycles. The number of rotatable bonds is 8. The Bertz CT molecular complexity index is 952. The molecule has 0 aliphatic heterocycles. The van der Waals surface area contributed by atoms with E-state index in [4.69, 9.17) is 16.3 Å². The maximum Gasteiger partial charge on any atom is 0.253 e. The molecule has 1 unspecified atom stereocenters. The number of para-hydroxylation sites is 1. The summed E-state index contributed by atoms with van der Waals surface area (Å²) in [6.07, 6.45) is 1.90. The van der Waals surface area contributed by atoms with E-state index in [2.05, 4.69) is 14.8 Å². The van der Waals surface area contributed by atoms with Gasteiger partial charge in [0, 0.05) is 42.3 Å². The maximum absolute atomic E-state index is 13.0. The van der Waals surface area contributed by atoms with Gasteiger partial charge in [0.15, 0.2) is 0 Å². The predicted octanol–water partition coefficient (Wildman–Crippen LogP) is 3.97. The number of methoxy groups -OCH3 is 1. The zero-order valence-electron chi connectivity index (χ0n) is 16.5. The number of halogens is 1. The molecule has 0 spiro atoms. The summed E-state index contributed by atoms with van der Waals surface area (Å²) in [7, 11) is 5.64. The first-order valence-corrected chi connectivity index (χ1v) is 9.66. The lowest BCUT2D eigenvalue weighted by Crippen LogP contribution is -2.34. The molecule has 0 saturated carbocycles.